The third-order valence-electron chi connectivity index (χ3n) is 6.21. The first-order valence-electron chi connectivity index (χ1n) is 12.9. The fourth-order valence-corrected chi connectivity index (χ4v) is 4.13. The number of ketones is 2. The van der Waals surface area contributed by atoms with Crippen molar-refractivity contribution >= 4 is 29.0 Å². The maximum Gasteiger partial charge on any atom is 0.573 e. The Morgan fingerprint density at radius 3 is 1.95 bits per heavy atom. The number of carboxylic acid groups (broad SMARTS) is 1. The number of hydrogen-bond donors (Lipinski definition) is 2. The van der Waals surface area contributed by atoms with E-state index in [0.29, 0.717) is 5.56 Å². The van der Waals surface area contributed by atoms with Crippen molar-refractivity contribution in [3.63, 3.8) is 0 Å². The predicted molar refractivity (Wildman–Crippen MR) is 153 cm³/mol. The van der Waals surface area contributed by atoms with Gasteiger partial charge in [0.2, 0.25) is 0 Å². The number of carboxylic acids is 1. The average molecular weight is 588 g/mol. The monoisotopic (exact) mass is 587 g/mol. The van der Waals surface area contributed by atoms with Gasteiger partial charge in [-0.3, -0.25) is 19.2 Å². The summed E-state index contributed by atoms with van der Waals surface area (Å²) in [5.74, 6) is -3.46. The normalized spacial score (nSPS) is 11.5. The SMILES string of the molecule is O=C(O)CCNC(=O)c1ccc(C(=O)/C(=C\C(=O)c2cccc(OC(F)(F)F)c2)c2ccc(-c3ccccc3)cc2)cc1. The van der Waals surface area contributed by atoms with Crippen LogP contribution in [0.15, 0.2) is 109 Å². The number of carbonyl (C=O) groups excluding carboxylic acids is 3. The molecule has 0 saturated heterocycles. The molecule has 0 bridgehead atoms. The van der Waals surface area contributed by atoms with Gasteiger partial charge in [0.25, 0.3) is 5.91 Å². The Morgan fingerprint density at radius 1 is 0.721 bits per heavy atom. The van der Waals surface area contributed by atoms with Gasteiger partial charge >= 0.3 is 12.3 Å². The summed E-state index contributed by atoms with van der Waals surface area (Å²) in [4.78, 5) is 49.9. The van der Waals surface area contributed by atoms with Gasteiger partial charge in [0.05, 0.1) is 6.42 Å². The van der Waals surface area contributed by atoms with Crippen molar-refractivity contribution in [3.8, 4) is 16.9 Å². The van der Waals surface area contributed by atoms with E-state index in [1.165, 1.54) is 36.4 Å². The van der Waals surface area contributed by atoms with Gasteiger partial charge < -0.3 is 15.2 Å². The van der Waals surface area contributed by atoms with Gasteiger partial charge in [-0.2, -0.15) is 0 Å². The summed E-state index contributed by atoms with van der Waals surface area (Å²) in [6, 6.07) is 26.4. The molecule has 0 unspecified atom stereocenters. The molecule has 4 aromatic carbocycles. The molecule has 10 heteroatoms. The molecule has 0 aliphatic rings. The van der Waals surface area contributed by atoms with Crippen molar-refractivity contribution in [1.29, 1.82) is 0 Å². The summed E-state index contributed by atoms with van der Waals surface area (Å²) in [6.07, 6.45) is -4.14. The number of ether oxygens (including phenoxy) is 1. The molecule has 0 fully saturated rings. The van der Waals surface area contributed by atoms with E-state index in [1.807, 2.05) is 30.3 Å². The summed E-state index contributed by atoms with van der Waals surface area (Å²) in [6.45, 7) is -0.0714. The van der Waals surface area contributed by atoms with Gasteiger partial charge in [0.1, 0.15) is 5.75 Å². The van der Waals surface area contributed by atoms with Crippen molar-refractivity contribution in [2.24, 2.45) is 0 Å². The smallest absolute Gasteiger partial charge is 0.481 e. The molecule has 0 aliphatic heterocycles. The molecular weight excluding hydrogens is 563 g/mol. The highest BCUT2D eigenvalue weighted by atomic mass is 19.4. The second-order valence-corrected chi connectivity index (χ2v) is 9.25. The first-order valence-corrected chi connectivity index (χ1v) is 12.9. The maximum absolute atomic E-state index is 13.7. The highest BCUT2D eigenvalue weighted by Crippen LogP contribution is 2.27. The molecule has 0 spiro atoms. The molecule has 4 aromatic rings. The Hall–Kier alpha value is -5.51. The number of rotatable bonds is 11. The Balaban J connectivity index is 1.66. The van der Waals surface area contributed by atoms with Crippen LogP contribution in [0.2, 0.25) is 0 Å². The minimum atomic E-state index is -4.95. The van der Waals surface area contributed by atoms with Crippen LogP contribution in [0.1, 0.15) is 43.1 Å². The lowest BCUT2D eigenvalue weighted by molar-refractivity contribution is -0.274. The number of hydrogen-bond acceptors (Lipinski definition) is 5. The molecule has 0 atom stereocenters. The summed E-state index contributed by atoms with van der Waals surface area (Å²) < 4.78 is 42.1. The van der Waals surface area contributed by atoms with Gasteiger partial charge in [-0.05, 0) is 47.0 Å². The molecule has 0 aliphatic carbocycles. The third-order valence-corrected chi connectivity index (χ3v) is 6.21. The topological polar surface area (TPSA) is 110 Å². The van der Waals surface area contributed by atoms with E-state index < -0.39 is 35.6 Å². The highest BCUT2D eigenvalue weighted by Gasteiger charge is 2.31. The standard InChI is InChI=1S/C33H24F3NO6/c34-33(35,36)43-27-8-4-7-26(19-27)29(38)20-28(23-11-9-22(10-12-23)21-5-2-1-3-6-21)31(41)24-13-15-25(16-14-24)32(42)37-18-17-30(39)40/h1-16,19-20H,17-18H2,(H,37,42)(H,39,40)/b28-20-. The number of benzene rings is 4. The molecule has 218 valence electrons. The Labute approximate surface area is 244 Å². The van der Waals surface area contributed by atoms with Crippen LogP contribution in [-0.4, -0.2) is 41.5 Å². The van der Waals surface area contributed by atoms with Crippen LogP contribution in [0.5, 0.6) is 5.75 Å². The summed E-state index contributed by atoms with van der Waals surface area (Å²) in [5, 5.41) is 11.2. The van der Waals surface area contributed by atoms with Crippen LogP contribution in [0, 0.1) is 0 Å². The Kier molecular flexibility index (Phi) is 9.51. The second kappa shape index (κ2) is 13.4. The van der Waals surface area contributed by atoms with Crippen molar-refractivity contribution in [1.82, 2.24) is 5.32 Å². The van der Waals surface area contributed by atoms with E-state index in [1.54, 1.807) is 24.3 Å². The number of amides is 1. The summed E-state index contributed by atoms with van der Waals surface area (Å²) in [7, 11) is 0. The molecule has 1 amide bonds. The van der Waals surface area contributed by atoms with E-state index in [2.05, 4.69) is 10.1 Å². The average Bonchev–Trinajstić information content (AvgIpc) is 2.99. The van der Waals surface area contributed by atoms with Crippen LogP contribution < -0.4 is 10.1 Å². The Morgan fingerprint density at radius 2 is 1.33 bits per heavy atom. The van der Waals surface area contributed by atoms with Gasteiger partial charge in [-0.25, -0.2) is 0 Å². The summed E-state index contributed by atoms with van der Waals surface area (Å²) in [5.41, 5.74) is 2.36. The van der Waals surface area contributed by atoms with Crippen LogP contribution in [0.25, 0.3) is 16.7 Å². The molecule has 43 heavy (non-hydrogen) atoms. The Bertz CT molecular complexity index is 1660. The zero-order chi connectivity index (χ0) is 31.0. The quantitative estimate of drug-likeness (QED) is 0.151. The third kappa shape index (κ3) is 8.49. The lowest BCUT2D eigenvalue weighted by Gasteiger charge is -2.11. The number of allylic oxidation sites excluding steroid dienone is 2. The molecular formula is C33H24F3NO6. The van der Waals surface area contributed by atoms with E-state index >= 15 is 0 Å². The maximum atomic E-state index is 13.7. The first-order chi connectivity index (χ1) is 20.5. The second-order valence-electron chi connectivity index (χ2n) is 9.25. The van der Waals surface area contributed by atoms with Gasteiger partial charge in [0.15, 0.2) is 11.6 Å². The molecule has 0 radical (unpaired) electrons. The van der Waals surface area contributed by atoms with Crippen LogP contribution in [-0.2, 0) is 4.79 Å². The van der Waals surface area contributed by atoms with Gasteiger partial charge in [-0.1, -0.05) is 78.9 Å². The first kappa shape index (κ1) is 30.4. The molecule has 0 saturated carbocycles. The number of carbonyl (C=O) groups is 4. The van der Waals surface area contributed by atoms with Crippen molar-refractivity contribution in [2.75, 3.05) is 6.54 Å². The van der Waals surface area contributed by atoms with Crippen LogP contribution in [0.3, 0.4) is 0 Å². The van der Waals surface area contributed by atoms with Gasteiger partial charge in [-0.15, -0.1) is 13.2 Å². The minimum Gasteiger partial charge on any atom is -0.481 e. The van der Waals surface area contributed by atoms with Crippen LogP contribution >= 0.6 is 0 Å². The van der Waals surface area contributed by atoms with Crippen LogP contribution in [0.4, 0.5) is 13.2 Å². The van der Waals surface area contributed by atoms with Crippen molar-refractivity contribution in [2.45, 2.75) is 12.8 Å². The molecule has 4 rings (SSSR count). The largest absolute Gasteiger partial charge is 0.573 e. The fraction of sp³-hybridized carbons (Fsp3) is 0.0909. The number of nitrogens with one attached hydrogen (secondary N) is 1. The number of Topliss-reactive ketones (excluding diaryl/α,β-unsaturated/α-hetero) is 1. The molecule has 7 nitrogen and oxygen atoms in total. The van der Waals surface area contributed by atoms with E-state index in [-0.39, 0.29) is 35.2 Å². The lowest BCUT2D eigenvalue weighted by Crippen LogP contribution is -2.26. The lowest BCUT2D eigenvalue weighted by atomic mass is 9.92. The zero-order valence-corrected chi connectivity index (χ0v) is 22.4. The number of aliphatic carboxylic acids is 1. The number of alkyl halides is 3. The minimum absolute atomic E-state index is 0.0228. The summed E-state index contributed by atoms with van der Waals surface area (Å²) >= 11 is 0. The predicted octanol–water partition coefficient (Wildman–Crippen LogP) is 6.61. The van der Waals surface area contributed by atoms with E-state index in [0.717, 1.165) is 29.3 Å². The highest BCUT2D eigenvalue weighted by molar-refractivity contribution is 6.32. The molecule has 0 heterocycles. The van der Waals surface area contributed by atoms with Crippen molar-refractivity contribution < 1.29 is 42.2 Å². The number of halogens is 3. The zero-order valence-electron chi connectivity index (χ0n) is 22.4. The molecule has 0 aromatic heterocycles. The van der Waals surface area contributed by atoms with E-state index in [9.17, 15) is 32.3 Å². The fourth-order valence-electron chi connectivity index (χ4n) is 4.13. The van der Waals surface area contributed by atoms with E-state index in [4.69, 9.17) is 5.11 Å². The van der Waals surface area contributed by atoms with Gasteiger partial charge in [0, 0.05) is 28.8 Å². The van der Waals surface area contributed by atoms with Crippen molar-refractivity contribution in [3.05, 3.63) is 131 Å². The molecule has 2 N–H and O–H groups in total.